The number of rotatable bonds is 5. The molecule has 1 aromatic heterocycles. The van der Waals surface area contributed by atoms with Crippen molar-refractivity contribution in [1.29, 1.82) is 0 Å². The second-order valence-electron chi connectivity index (χ2n) is 5.89. The number of carbonyl (C=O) groups excluding carboxylic acids is 1. The molecule has 1 heterocycles. The minimum atomic E-state index is -0.610. The van der Waals surface area contributed by atoms with Crippen molar-refractivity contribution in [2.75, 3.05) is 5.32 Å². The first-order chi connectivity index (χ1) is 12.4. The predicted molar refractivity (Wildman–Crippen MR) is 93.6 cm³/mol. The number of halogens is 2. The third-order valence-electron chi connectivity index (χ3n) is 3.45. The van der Waals surface area contributed by atoms with Crippen LogP contribution in [0, 0.1) is 11.6 Å². The van der Waals surface area contributed by atoms with Crippen LogP contribution in [0.1, 0.15) is 24.3 Å². The van der Waals surface area contributed by atoms with Crippen LogP contribution in [-0.2, 0) is 0 Å². The minimum Gasteiger partial charge on any atom is -0.491 e. The zero-order valence-electron chi connectivity index (χ0n) is 14.2. The zero-order chi connectivity index (χ0) is 18.7. The number of hydrogen-bond donors (Lipinski definition) is 1. The van der Waals surface area contributed by atoms with Crippen LogP contribution in [0.3, 0.4) is 0 Å². The van der Waals surface area contributed by atoms with E-state index in [1.54, 1.807) is 18.2 Å². The Bertz CT molecular complexity index is 938. The average Bonchev–Trinajstić information content (AvgIpc) is 3.07. The number of benzene rings is 2. The molecule has 7 heteroatoms. The Morgan fingerprint density at radius 2 is 1.96 bits per heavy atom. The summed E-state index contributed by atoms with van der Waals surface area (Å²) < 4.78 is 34.2. The summed E-state index contributed by atoms with van der Waals surface area (Å²) in [5.74, 6) is -1.21. The van der Waals surface area contributed by atoms with Crippen LogP contribution in [0.2, 0.25) is 0 Å². The monoisotopic (exact) mass is 357 g/mol. The molecule has 0 saturated heterocycles. The molecule has 1 amide bonds. The van der Waals surface area contributed by atoms with Crippen molar-refractivity contribution >= 4 is 11.6 Å². The smallest absolute Gasteiger partial charge is 0.276 e. The number of nitrogens with zero attached hydrogens (tertiary/aromatic N) is 2. The van der Waals surface area contributed by atoms with Gasteiger partial charge in [0.15, 0.2) is 5.69 Å². The molecule has 1 N–H and O–H groups in total. The normalized spacial score (nSPS) is 10.8. The lowest BCUT2D eigenvalue weighted by Gasteiger charge is -2.11. The number of amides is 1. The summed E-state index contributed by atoms with van der Waals surface area (Å²) in [6.07, 6.45) is 1.45. The highest BCUT2D eigenvalue weighted by Gasteiger charge is 2.14. The first-order valence-electron chi connectivity index (χ1n) is 8.01. The molecule has 0 fully saturated rings. The second kappa shape index (κ2) is 7.35. The van der Waals surface area contributed by atoms with Crippen LogP contribution in [0.4, 0.5) is 14.5 Å². The predicted octanol–water partition coefficient (Wildman–Crippen LogP) is 4.19. The van der Waals surface area contributed by atoms with E-state index in [0.29, 0.717) is 11.4 Å². The van der Waals surface area contributed by atoms with Gasteiger partial charge in [-0.3, -0.25) is 4.79 Å². The lowest BCUT2D eigenvalue weighted by Crippen LogP contribution is -2.14. The van der Waals surface area contributed by atoms with Crippen LogP contribution in [-0.4, -0.2) is 21.8 Å². The lowest BCUT2D eigenvalue weighted by molar-refractivity contribution is 0.102. The van der Waals surface area contributed by atoms with E-state index >= 15 is 0 Å². The number of nitrogens with one attached hydrogen (secondary N) is 1. The van der Waals surface area contributed by atoms with Gasteiger partial charge in [-0.25, -0.2) is 13.5 Å². The van der Waals surface area contributed by atoms with Gasteiger partial charge in [-0.05, 0) is 50.2 Å². The molecule has 0 bridgehead atoms. The molecule has 26 heavy (non-hydrogen) atoms. The van der Waals surface area contributed by atoms with Gasteiger partial charge in [0.05, 0.1) is 17.5 Å². The van der Waals surface area contributed by atoms with Gasteiger partial charge in [0, 0.05) is 12.3 Å². The molecular formula is C19H17F2N3O2. The highest BCUT2D eigenvalue weighted by molar-refractivity contribution is 6.02. The highest BCUT2D eigenvalue weighted by atomic mass is 19.1. The molecule has 0 unspecified atom stereocenters. The van der Waals surface area contributed by atoms with Crippen LogP contribution in [0.5, 0.6) is 5.75 Å². The van der Waals surface area contributed by atoms with Gasteiger partial charge < -0.3 is 10.1 Å². The van der Waals surface area contributed by atoms with Crippen molar-refractivity contribution in [2.24, 2.45) is 0 Å². The molecule has 0 radical (unpaired) electrons. The molecule has 5 nitrogen and oxygen atoms in total. The lowest BCUT2D eigenvalue weighted by atomic mass is 10.2. The van der Waals surface area contributed by atoms with E-state index in [-0.39, 0.29) is 17.5 Å². The summed E-state index contributed by atoms with van der Waals surface area (Å²) in [7, 11) is 0. The maximum atomic E-state index is 14.1. The van der Waals surface area contributed by atoms with Gasteiger partial charge in [0.2, 0.25) is 0 Å². The van der Waals surface area contributed by atoms with E-state index in [1.165, 1.54) is 41.2 Å². The van der Waals surface area contributed by atoms with Gasteiger partial charge in [0.25, 0.3) is 5.91 Å². The largest absolute Gasteiger partial charge is 0.491 e. The minimum absolute atomic E-state index is 0.0198. The first kappa shape index (κ1) is 17.6. The molecule has 0 aliphatic heterocycles. The number of hydrogen-bond acceptors (Lipinski definition) is 3. The maximum absolute atomic E-state index is 14.1. The van der Waals surface area contributed by atoms with Crippen molar-refractivity contribution < 1.29 is 18.3 Å². The van der Waals surface area contributed by atoms with Gasteiger partial charge in [-0.15, -0.1) is 0 Å². The summed E-state index contributed by atoms with van der Waals surface area (Å²) in [5, 5.41) is 6.56. The number of anilines is 1. The average molecular weight is 357 g/mol. The maximum Gasteiger partial charge on any atom is 0.276 e. The van der Waals surface area contributed by atoms with Gasteiger partial charge in [0.1, 0.15) is 17.4 Å². The Kier molecular flexibility index (Phi) is 4.97. The van der Waals surface area contributed by atoms with Crippen molar-refractivity contribution in [3.05, 3.63) is 72.1 Å². The van der Waals surface area contributed by atoms with Crippen molar-refractivity contribution in [1.82, 2.24) is 9.78 Å². The summed E-state index contributed by atoms with van der Waals surface area (Å²) in [6, 6.07) is 11.5. The molecular weight excluding hydrogens is 340 g/mol. The van der Waals surface area contributed by atoms with Crippen LogP contribution >= 0.6 is 0 Å². The fourth-order valence-electron chi connectivity index (χ4n) is 2.34. The van der Waals surface area contributed by atoms with E-state index in [1.807, 2.05) is 13.8 Å². The van der Waals surface area contributed by atoms with Gasteiger partial charge in [-0.2, -0.15) is 5.10 Å². The Hall–Kier alpha value is -3.22. The molecule has 0 spiro atoms. The second-order valence-corrected chi connectivity index (χ2v) is 5.89. The topological polar surface area (TPSA) is 56.1 Å². The molecule has 3 rings (SSSR count). The SMILES string of the molecule is CC(C)Oc1ccc(NC(=O)c2ccn(-c3cccc(F)c3)n2)c(F)c1. The van der Waals surface area contributed by atoms with E-state index in [9.17, 15) is 13.6 Å². The van der Waals surface area contributed by atoms with Gasteiger partial charge >= 0.3 is 0 Å². The Balaban J connectivity index is 1.75. The van der Waals surface area contributed by atoms with E-state index in [0.717, 1.165) is 0 Å². The summed E-state index contributed by atoms with van der Waals surface area (Å²) in [5.41, 5.74) is 0.577. The number of ether oxygens (including phenoxy) is 1. The van der Waals surface area contributed by atoms with Crippen LogP contribution in [0.15, 0.2) is 54.7 Å². The summed E-state index contributed by atoms with van der Waals surface area (Å²) in [4.78, 5) is 12.3. The highest BCUT2D eigenvalue weighted by Crippen LogP contribution is 2.22. The van der Waals surface area contributed by atoms with Crippen molar-refractivity contribution in [3.8, 4) is 11.4 Å². The molecule has 0 aliphatic rings. The zero-order valence-corrected chi connectivity index (χ0v) is 14.2. The molecule has 0 aliphatic carbocycles. The van der Waals surface area contributed by atoms with Crippen LogP contribution < -0.4 is 10.1 Å². The van der Waals surface area contributed by atoms with Gasteiger partial charge in [-0.1, -0.05) is 6.07 Å². The van der Waals surface area contributed by atoms with Crippen molar-refractivity contribution in [2.45, 2.75) is 20.0 Å². The van der Waals surface area contributed by atoms with Crippen LogP contribution in [0.25, 0.3) is 5.69 Å². The van der Waals surface area contributed by atoms with E-state index in [2.05, 4.69) is 10.4 Å². The van der Waals surface area contributed by atoms with Crippen molar-refractivity contribution in [3.63, 3.8) is 0 Å². The molecule has 3 aromatic rings. The Morgan fingerprint density at radius 3 is 2.65 bits per heavy atom. The fraction of sp³-hybridized carbons (Fsp3) is 0.158. The molecule has 2 aromatic carbocycles. The Morgan fingerprint density at radius 1 is 1.15 bits per heavy atom. The fourth-order valence-corrected chi connectivity index (χ4v) is 2.34. The Labute approximate surface area is 149 Å². The summed E-state index contributed by atoms with van der Waals surface area (Å²) in [6.45, 7) is 3.67. The number of aromatic nitrogens is 2. The van der Waals surface area contributed by atoms with E-state index < -0.39 is 17.5 Å². The van der Waals surface area contributed by atoms with E-state index in [4.69, 9.17) is 4.74 Å². The number of carbonyl (C=O) groups is 1. The third kappa shape index (κ3) is 4.05. The standard InChI is InChI=1S/C19H17F2N3O2/c1-12(2)26-15-6-7-17(16(21)11-15)22-19(25)18-8-9-24(23-18)14-5-3-4-13(20)10-14/h3-12H,1-2H3,(H,22,25). The molecule has 0 saturated carbocycles. The summed E-state index contributed by atoms with van der Waals surface area (Å²) >= 11 is 0. The molecule has 134 valence electrons. The third-order valence-corrected chi connectivity index (χ3v) is 3.45. The quantitative estimate of drug-likeness (QED) is 0.745. The first-order valence-corrected chi connectivity index (χ1v) is 8.01. The molecule has 0 atom stereocenters.